The van der Waals surface area contributed by atoms with Crippen molar-refractivity contribution in [3.8, 4) is 0 Å². The van der Waals surface area contributed by atoms with Crippen LogP contribution in [-0.4, -0.2) is 58.4 Å². The predicted octanol–water partition coefficient (Wildman–Crippen LogP) is 0.309. The quantitative estimate of drug-likeness (QED) is 0.774. The van der Waals surface area contributed by atoms with Crippen LogP contribution in [0.3, 0.4) is 0 Å². The Morgan fingerprint density at radius 1 is 1.25 bits per heavy atom. The van der Waals surface area contributed by atoms with Crippen molar-refractivity contribution < 1.29 is 32.4 Å². The van der Waals surface area contributed by atoms with Crippen LogP contribution in [0, 0.1) is 0 Å². The molecule has 1 saturated heterocycles. The van der Waals surface area contributed by atoms with Crippen molar-refractivity contribution >= 4 is 23.3 Å². The van der Waals surface area contributed by atoms with E-state index in [4.69, 9.17) is 0 Å². The van der Waals surface area contributed by atoms with Crippen molar-refractivity contribution in [3.63, 3.8) is 0 Å². The lowest BCUT2D eigenvalue weighted by Gasteiger charge is -2.33. The maximum absolute atomic E-state index is 12.6. The highest BCUT2D eigenvalue weighted by atomic mass is 19.4. The van der Waals surface area contributed by atoms with Crippen LogP contribution >= 0.6 is 0 Å². The average Bonchev–Trinajstić information content (AvgIpc) is 2.54. The van der Waals surface area contributed by atoms with Crippen molar-refractivity contribution in [2.45, 2.75) is 6.18 Å². The number of carbonyl (C=O) groups excluding carboxylic acids is 2. The molecule has 24 heavy (non-hydrogen) atoms. The van der Waals surface area contributed by atoms with E-state index < -0.39 is 18.1 Å². The normalized spacial score (nSPS) is 16.0. The van der Waals surface area contributed by atoms with Gasteiger partial charge in [-0.25, -0.2) is 4.79 Å². The van der Waals surface area contributed by atoms with Crippen LogP contribution in [0.4, 0.5) is 24.5 Å². The Morgan fingerprint density at radius 3 is 2.42 bits per heavy atom. The number of rotatable bonds is 3. The molecule has 0 aliphatic carbocycles. The Bertz CT molecular complexity index is 626. The van der Waals surface area contributed by atoms with Gasteiger partial charge in [0.2, 0.25) is 0 Å². The zero-order chi connectivity index (χ0) is 17.9. The molecule has 6 nitrogen and oxygen atoms in total. The highest BCUT2D eigenvalue weighted by Gasteiger charge is 2.39. The second kappa shape index (κ2) is 7.08. The number of piperazine rings is 1. The van der Waals surface area contributed by atoms with Crippen LogP contribution in [0.15, 0.2) is 18.2 Å². The Hall–Kier alpha value is -2.29. The summed E-state index contributed by atoms with van der Waals surface area (Å²) in [5.74, 6) is -2.77. The third kappa shape index (κ3) is 4.16. The van der Waals surface area contributed by atoms with Crippen LogP contribution in [0.25, 0.3) is 0 Å². The number of quaternary nitrogens is 1. The molecule has 0 unspecified atom stereocenters. The third-order valence-corrected chi connectivity index (χ3v) is 3.88. The van der Waals surface area contributed by atoms with Gasteiger partial charge in [-0.3, -0.25) is 4.79 Å². The number of halogens is 3. The lowest BCUT2D eigenvalue weighted by Crippen LogP contribution is -3.12. The summed E-state index contributed by atoms with van der Waals surface area (Å²) in [5, 5.41) is 1.86. The van der Waals surface area contributed by atoms with E-state index in [1.807, 2.05) is 17.3 Å². The molecule has 9 heteroatoms. The van der Waals surface area contributed by atoms with Gasteiger partial charge in [0.15, 0.2) is 0 Å². The van der Waals surface area contributed by atoms with E-state index in [0.717, 1.165) is 13.1 Å². The predicted molar refractivity (Wildman–Crippen MR) is 81.3 cm³/mol. The van der Waals surface area contributed by atoms with E-state index in [9.17, 15) is 22.8 Å². The second-order valence-corrected chi connectivity index (χ2v) is 5.62. The van der Waals surface area contributed by atoms with E-state index in [2.05, 4.69) is 4.74 Å². The minimum atomic E-state index is -5.01. The topological polar surface area (TPSA) is 63.1 Å². The Labute approximate surface area is 137 Å². The van der Waals surface area contributed by atoms with Gasteiger partial charge in [-0.05, 0) is 18.2 Å². The van der Waals surface area contributed by atoms with Crippen molar-refractivity contribution in [1.82, 2.24) is 0 Å². The zero-order valence-corrected chi connectivity index (χ0v) is 13.4. The summed E-state index contributed by atoms with van der Waals surface area (Å²) in [4.78, 5) is 26.1. The van der Waals surface area contributed by atoms with Crippen molar-refractivity contribution in [3.05, 3.63) is 23.8 Å². The Morgan fingerprint density at radius 2 is 1.88 bits per heavy atom. The summed E-state index contributed by atoms with van der Waals surface area (Å²) in [5.41, 5.74) is 0.464. The van der Waals surface area contributed by atoms with Crippen molar-refractivity contribution in [2.24, 2.45) is 0 Å². The van der Waals surface area contributed by atoms with Crippen LogP contribution in [-0.2, 0) is 9.53 Å². The maximum atomic E-state index is 12.6. The molecular formula is C15H19F3N3O3+. The number of nitrogens with zero attached hydrogens (tertiary/aromatic N) is 1. The lowest BCUT2D eigenvalue weighted by molar-refractivity contribution is -0.880. The van der Waals surface area contributed by atoms with Crippen LogP contribution in [0.1, 0.15) is 10.4 Å². The molecule has 1 amide bonds. The van der Waals surface area contributed by atoms with Gasteiger partial charge in [-0.1, -0.05) is 0 Å². The SMILES string of the molecule is COC(=O)c1ccc(N2CC[NH+](C)CC2)c(NC(=O)C(F)(F)F)c1. The molecule has 0 atom stereocenters. The number of likely N-dealkylation sites (N-methyl/N-ethyl adjacent to an activating group) is 1. The third-order valence-electron chi connectivity index (χ3n) is 3.88. The molecule has 1 heterocycles. The number of alkyl halides is 3. The summed E-state index contributed by atoms with van der Waals surface area (Å²) in [6.07, 6.45) is -5.01. The fourth-order valence-electron chi connectivity index (χ4n) is 2.48. The van der Waals surface area contributed by atoms with Gasteiger partial charge in [0, 0.05) is 0 Å². The van der Waals surface area contributed by atoms with Gasteiger partial charge in [-0.15, -0.1) is 0 Å². The number of hydrogen-bond acceptors (Lipinski definition) is 4. The first-order valence-electron chi connectivity index (χ1n) is 7.39. The first-order valence-corrected chi connectivity index (χ1v) is 7.39. The Kier molecular flexibility index (Phi) is 5.33. The largest absolute Gasteiger partial charge is 0.471 e. The fraction of sp³-hybridized carbons (Fsp3) is 0.467. The van der Waals surface area contributed by atoms with Gasteiger partial charge >= 0.3 is 18.1 Å². The van der Waals surface area contributed by atoms with Crippen LogP contribution < -0.4 is 15.1 Å². The lowest BCUT2D eigenvalue weighted by atomic mass is 10.1. The minimum Gasteiger partial charge on any atom is -0.465 e. The number of esters is 1. The van der Waals surface area contributed by atoms with Crippen LogP contribution in [0.2, 0.25) is 0 Å². The highest BCUT2D eigenvalue weighted by Crippen LogP contribution is 2.29. The van der Waals surface area contributed by atoms with E-state index in [1.165, 1.54) is 30.2 Å². The molecule has 0 radical (unpaired) electrons. The Balaban J connectivity index is 2.34. The van der Waals surface area contributed by atoms with Gasteiger partial charge in [0.05, 0.1) is 57.3 Å². The minimum absolute atomic E-state index is 0.0558. The number of hydrogen-bond donors (Lipinski definition) is 2. The number of nitrogens with one attached hydrogen (secondary N) is 2. The molecule has 2 rings (SSSR count). The van der Waals surface area contributed by atoms with Gasteiger partial charge < -0.3 is 19.9 Å². The molecule has 1 fully saturated rings. The van der Waals surface area contributed by atoms with E-state index in [1.54, 1.807) is 0 Å². The average molecular weight is 346 g/mol. The molecule has 0 saturated carbocycles. The van der Waals surface area contributed by atoms with E-state index in [0.29, 0.717) is 18.8 Å². The standard InChI is InChI=1S/C15H18F3N3O3/c1-20-5-7-21(8-6-20)12-4-3-10(13(22)24-2)9-11(12)19-14(23)15(16,17)18/h3-4,9H,5-8H2,1-2H3,(H,19,23)/p+1. The molecule has 1 aromatic rings. The second-order valence-electron chi connectivity index (χ2n) is 5.62. The first kappa shape index (κ1) is 18.1. The van der Waals surface area contributed by atoms with E-state index >= 15 is 0 Å². The summed E-state index contributed by atoms with van der Waals surface area (Å²) in [6, 6.07) is 4.20. The molecular weight excluding hydrogens is 327 g/mol. The monoisotopic (exact) mass is 346 g/mol. The number of ether oxygens (including phenoxy) is 1. The number of carbonyl (C=O) groups is 2. The van der Waals surface area contributed by atoms with Crippen molar-refractivity contribution in [1.29, 1.82) is 0 Å². The number of methoxy groups -OCH3 is 1. The highest BCUT2D eigenvalue weighted by molar-refractivity contribution is 6.00. The molecule has 0 aromatic heterocycles. The number of anilines is 2. The fourth-order valence-corrected chi connectivity index (χ4v) is 2.48. The molecule has 0 spiro atoms. The summed E-state index contributed by atoms with van der Waals surface area (Å²) in [6.45, 7) is 2.92. The van der Waals surface area contributed by atoms with Gasteiger partial charge in [0.1, 0.15) is 0 Å². The summed E-state index contributed by atoms with van der Waals surface area (Å²) >= 11 is 0. The molecule has 1 aliphatic heterocycles. The molecule has 2 N–H and O–H groups in total. The van der Waals surface area contributed by atoms with Crippen LogP contribution in [0.5, 0.6) is 0 Å². The molecule has 132 valence electrons. The van der Waals surface area contributed by atoms with Crippen molar-refractivity contribution in [2.75, 3.05) is 50.6 Å². The van der Waals surface area contributed by atoms with Gasteiger partial charge in [-0.2, -0.15) is 13.2 Å². The molecule has 1 aliphatic rings. The molecule has 1 aromatic carbocycles. The summed E-state index contributed by atoms with van der Waals surface area (Å²) < 4.78 is 42.3. The smallest absolute Gasteiger partial charge is 0.465 e. The molecule has 0 bridgehead atoms. The summed E-state index contributed by atoms with van der Waals surface area (Å²) in [7, 11) is 3.21. The van der Waals surface area contributed by atoms with E-state index in [-0.39, 0.29) is 11.3 Å². The number of benzene rings is 1. The van der Waals surface area contributed by atoms with Gasteiger partial charge in [0.25, 0.3) is 0 Å². The number of amides is 1. The maximum Gasteiger partial charge on any atom is 0.471 e. The first-order chi connectivity index (χ1) is 11.2. The zero-order valence-electron chi connectivity index (χ0n) is 13.4.